The summed E-state index contributed by atoms with van der Waals surface area (Å²) < 4.78 is 91.9. The summed E-state index contributed by atoms with van der Waals surface area (Å²) in [6, 6.07) is -0.0321. The predicted octanol–water partition coefficient (Wildman–Crippen LogP) is 0.0869. The number of primary sulfonamides is 1. The van der Waals surface area contributed by atoms with Crippen molar-refractivity contribution in [2.45, 2.75) is 27.7 Å². The summed E-state index contributed by atoms with van der Waals surface area (Å²) in [5.74, 6) is 0. The fourth-order valence-corrected chi connectivity index (χ4v) is 6.58. The smallest absolute Gasteiger partial charge is 0.252 e. The molecule has 0 unspecified atom stereocenters. The SMILES string of the molecule is [2H]C([2H])([2H])C([2H])([2H])N[C@@H]1CN(CCCOC)S(=O)(=O)c2sc(S(N)(=O)=O)cc21. The second-order valence-corrected chi connectivity index (χ2v) is 9.86. The monoisotopic (exact) mass is 388 g/mol. The Bertz CT molecular complexity index is 929. The van der Waals surface area contributed by atoms with E-state index in [-0.39, 0.29) is 29.5 Å². The lowest BCUT2D eigenvalue weighted by atomic mass is 10.1. The molecule has 23 heavy (non-hydrogen) atoms. The molecular weight excluding hydrogens is 362 g/mol. The first-order valence-electron chi connectivity index (χ1n) is 9.04. The number of rotatable bonds is 7. The van der Waals surface area contributed by atoms with Crippen molar-refractivity contribution in [2.24, 2.45) is 5.14 Å². The predicted molar refractivity (Wildman–Crippen MR) is 87.4 cm³/mol. The molecule has 11 heteroatoms. The van der Waals surface area contributed by atoms with Crippen LogP contribution in [0.4, 0.5) is 0 Å². The molecule has 132 valence electrons. The standard InChI is InChI=1S/C12H21N3O5S3/c1-3-14-10-8-15(5-4-6-20-2)23(18,19)12-9(10)7-11(21-12)22(13,16)17/h7,10,14H,3-6,8H2,1-2H3,(H2,13,16,17)/t10-/m1/s1/i1D3,3D2. The van der Waals surface area contributed by atoms with E-state index in [1.54, 1.807) is 0 Å². The van der Waals surface area contributed by atoms with Gasteiger partial charge in [0.1, 0.15) is 8.42 Å². The molecule has 0 saturated carbocycles. The van der Waals surface area contributed by atoms with Crippen LogP contribution in [0.1, 0.15) is 31.7 Å². The Morgan fingerprint density at radius 3 is 3.00 bits per heavy atom. The average Bonchev–Trinajstić information content (AvgIpc) is 2.97. The van der Waals surface area contributed by atoms with E-state index in [4.69, 9.17) is 16.7 Å². The van der Waals surface area contributed by atoms with Crippen LogP contribution in [0.3, 0.4) is 0 Å². The lowest BCUT2D eigenvalue weighted by Gasteiger charge is -2.32. The van der Waals surface area contributed by atoms with Gasteiger partial charge in [-0.15, -0.1) is 11.3 Å². The molecule has 0 amide bonds. The molecule has 1 aromatic heterocycles. The van der Waals surface area contributed by atoms with Gasteiger partial charge in [0.05, 0.1) is 0 Å². The van der Waals surface area contributed by atoms with Gasteiger partial charge in [0.25, 0.3) is 10.0 Å². The van der Waals surface area contributed by atoms with Gasteiger partial charge in [-0.1, -0.05) is 6.85 Å². The average molecular weight is 389 g/mol. The molecule has 8 nitrogen and oxygen atoms in total. The molecule has 1 aromatic rings. The summed E-state index contributed by atoms with van der Waals surface area (Å²) >= 11 is 0.453. The van der Waals surface area contributed by atoms with Crippen LogP contribution in [0, 0.1) is 0 Å². The molecule has 1 atom stereocenters. The molecule has 2 rings (SSSR count). The van der Waals surface area contributed by atoms with Gasteiger partial charge in [-0.2, -0.15) is 4.31 Å². The number of hydrogen-bond acceptors (Lipinski definition) is 7. The Labute approximate surface area is 147 Å². The highest BCUT2D eigenvalue weighted by Crippen LogP contribution is 2.39. The van der Waals surface area contributed by atoms with Crippen molar-refractivity contribution in [1.29, 1.82) is 0 Å². The molecule has 0 spiro atoms. The second-order valence-electron chi connectivity index (χ2n) is 4.88. The molecule has 0 fully saturated rings. The Balaban J connectivity index is 2.52. The van der Waals surface area contributed by atoms with Crippen LogP contribution in [-0.4, -0.2) is 54.4 Å². The van der Waals surface area contributed by atoms with Crippen molar-refractivity contribution < 1.29 is 28.4 Å². The van der Waals surface area contributed by atoms with E-state index in [0.717, 1.165) is 10.4 Å². The molecule has 3 N–H and O–H groups in total. The number of likely N-dealkylation sites (N-methyl/N-ethyl adjacent to an activating group) is 1. The third kappa shape index (κ3) is 3.92. The Morgan fingerprint density at radius 1 is 1.65 bits per heavy atom. The van der Waals surface area contributed by atoms with Crippen molar-refractivity contribution >= 4 is 31.4 Å². The summed E-state index contributed by atoms with van der Waals surface area (Å²) in [7, 11) is -6.80. The van der Waals surface area contributed by atoms with E-state index in [1.807, 2.05) is 0 Å². The zero-order chi connectivity index (χ0) is 21.5. The second kappa shape index (κ2) is 7.13. The molecule has 0 bridgehead atoms. The minimum absolute atomic E-state index is 0.0230. The van der Waals surface area contributed by atoms with Gasteiger partial charge >= 0.3 is 0 Å². The third-order valence-electron chi connectivity index (χ3n) is 3.32. The topological polar surface area (TPSA) is 119 Å². The van der Waals surface area contributed by atoms with Gasteiger partial charge in [0.2, 0.25) is 10.0 Å². The summed E-state index contributed by atoms with van der Waals surface area (Å²) in [4.78, 5) is 0. The van der Waals surface area contributed by atoms with Crippen LogP contribution in [0.2, 0.25) is 0 Å². The molecule has 0 aromatic carbocycles. The van der Waals surface area contributed by atoms with E-state index >= 15 is 0 Å². The summed E-state index contributed by atoms with van der Waals surface area (Å²) in [6.07, 6.45) is 0.345. The molecule has 1 aliphatic rings. The number of methoxy groups -OCH3 is 1. The van der Waals surface area contributed by atoms with E-state index in [1.165, 1.54) is 7.11 Å². The van der Waals surface area contributed by atoms with Gasteiger partial charge in [-0.3, -0.25) is 0 Å². The Morgan fingerprint density at radius 2 is 2.39 bits per heavy atom. The van der Waals surface area contributed by atoms with Crippen LogP contribution in [0.15, 0.2) is 14.5 Å². The van der Waals surface area contributed by atoms with Crippen LogP contribution in [-0.2, 0) is 24.8 Å². The quantitative estimate of drug-likeness (QED) is 0.639. The van der Waals surface area contributed by atoms with E-state index in [9.17, 15) is 16.8 Å². The van der Waals surface area contributed by atoms with Crippen LogP contribution in [0.25, 0.3) is 0 Å². The highest BCUT2D eigenvalue weighted by Gasteiger charge is 2.39. The first-order valence-corrected chi connectivity index (χ1v) is 10.3. The van der Waals surface area contributed by atoms with Crippen molar-refractivity contribution in [3.8, 4) is 0 Å². The van der Waals surface area contributed by atoms with E-state index in [2.05, 4.69) is 5.32 Å². The number of nitrogens with one attached hydrogen (secondary N) is 1. The molecular formula is C12H21N3O5S3. The molecule has 0 radical (unpaired) electrons. The number of nitrogens with two attached hydrogens (primary N) is 1. The van der Waals surface area contributed by atoms with Gasteiger partial charge in [0.15, 0.2) is 0 Å². The van der Waals surface area contributed by atoms with Crippen molar-refractivity contribution in [3.05, 3.63) is 11.6 Å². The lowest BCUT2D eigenvalue weighted by molar-refractivity contribution is 0.185. The molecule has 1 aliphatic heterocycles. The Kier molecular flexibility index (Phi) is 3.95. The lowest BCUT2D eigenvalue weighted by Crippen LogP contribution is -2.43. The number of ether oxygens (including phenoxy) is 1. The maximum atomic E-state index is 12.9. The number of sulfonamides is 2. The van der Waals surface area contributed by atoms with Gasteiger partial charge in [0, 0.05) is 45.3 Å². The minimum atomic E-state index is -4.20. The summed E-state index contributed by atoms with van der Waals surface area (Å²) in [5.41, 5.74) is -0.0230. The number of hydrogen-bond donors (Lipinski definition) is 2. The molecule has 0 saturated heterocycles. The van der Waals surface area contributed by atoms with Gasteiger partial charge < -0.3 is 10.1 Å². The maximum absolute atomic E-state index is 12.9. The van der Waals surface area contributed by atoms with Crippen molar-refractivity contribution in [1.82, 2.24) is 9.62 Å². The van der Waals surface area contributed by atoms with Gasteiger partial charge in [-0.25, -0.2) is 22.0 Å². The van der Waals surface area contributed by atoms with Crippen molar-refractivity contribution in [2.75, 3.05) is 33.3 Å². The zero-order valence-electron chi connectivity index (χ0n) is 17.3. The highest BCUT2D eigenvalue weighted by molar-refractivity contribution is 7.94. The highest BCUT2D eigenvalue weighted by atomic mass is 32.3. The fourth-order valence-electron chi connectivity index (χ4n) is 2.27. The Hall–Kier alpha value is -0.560. The first-order chi connectivity index (χ1) is 12.6. The summed E-state index contributed by atoms with van der Waals surface area (Å²) in [5, 5.41) is 7.42. The maximum Gasteiger partial charge on any atom is 0.252 e. The van der Waals surface area contributed by atoms with E-state index in [0.29, 0.717) is 17.8 Å². The van der Waals surface area contributed by atoms with Gasteiger partial charge in [-0.05, 0) is 19.0 Å². The van der Waals surface area contributed by atoms with Crippen LogP contribution >= 0.6 is 11.3 Å². The zero-order valence-corrected chi connectivity index (χ0v) is 14.7. The molecule has 2 heterocycles. The van der Waals surface area contributed by atoms with Crippen LogP contribution < -0.4 is 10.5 Å². The van der Waals surface area contributed by atoms with E-state index < -0.39 is 43.6 Å². The van der Waals surface area contributed by atoms with Crippen molar-refractivity contribution in [3.63, 3.8) is 0 Å². The molecule has 0 aliphatic carbocycles. The summed E-state index contributed by atoms with van der Waals surface area (Å²) in [6.45, 7) is -5.82. The number of fused-ring (bicyclic) bond motifs is 1. The number of thiophene rings is 1. The third-order valence-corrected chi connectivity index (χ3v) is 8.28. The normalized spacial score (nSPS) is 25.7. The largest absolute Gasteiger partial charge is 0.385 e. The fraction of sp³-hybridized carbons (Fsp3) is 0.667. The first kappa shape index (κ1) is 12.8. The number of nitrogens with zero attached hydrogens (tertiary/aromatic N) is 1. The van der Waals surface area contributed by atoms with Crippen LogP contribution in [0.5, 0.6) is 0 Å². The minimum Gasteiger partial charge on any atom is -0.385 e.